The van der Waals surface area contributed by atoms with Crippen LogP contribution in [0.2, 0.25) is 0 Å². The maximum Gasteiger partial charge on any atom is 0.263 e. The van der Waals surface area contributed by atoms with E-state index in [1.165, 1.54) is 6.07 Å². The fraction of sp³-hybridized carbons (Fsp3) is 0.250. The maximum absolute atomic E-state index is 12.7. The molecule has 3 N–H and O–H groups in total. The van der Waals surface area contributed by atoms with Crippen molar-refractivity contribution in [3.8, 4) is 11.8 Å². The van der Waals surface area contributed by atoms with Crippen molar-refractivity contribution in [1.82, 2.24) is 10.2 Å². The minimum absolute atomic E-state index is 0. The van der Waals surface area contributed by atoms with Crippen molar-refractivity contribution >= 4 is 36.0 Å². The second kappa shape index (κ2) is 6.83. The highest BCUT2D eigenvalue weighted by atomic mass is 35.5. The molecule has 0 radical (unpaired) electrons. The van der Waals surface area contributed by atoms with Crippen molar-refractivity contribution in [2.45, 2.75) is 18.9 Å². The van der Waals surface area contributed by atoms with Crippen molar-refractivity contribution in [1.29, 1.82) is 0 Å². The molecule has 0 saturated carbocycles. The quantitative estimate of drug-likeness (QED) is 0.541. The molecule has 2 aliphatic rings. The van der Waals surface area contributed by atoms with E-state index in [0.29, 0.717) is 5.56 Å². The van der Waals surface area contributed by atoms with Gasteiger partial charge in [-0.05, 0) is 18.6 Å². The van der Waals surface area contributed by atoms with Crippen LogP contribution in [-0.2, 0) is 9.59 Å². The zero-order chi connectivity index (χ0) is 16.6. The molecule has 0 spiro atoms. The smallest absolute Gasteiger partial charge is 0.263 e. The standard InChI is InChI=1S/C16H13N3O4.ClH/c17-8-2-4-9-3-1-5-10-13(9)16(23)19(15(10)22)11-6-7-12(20)18-14(11)21;/h1,3,5,11H,6-8,17H2,(H,18,20,21);1H. The lowest BCUT2D eigenvalue weighted by Gasteiger charge is -2.27. The first-order chi connectivity index (χ1) is 11.0. The number of hydrogen-bond donors (Lipinski definition) is 2. The summed E-state index contributed by atoms with van der Waals surface area (Å²) in [4.78, 5) is 49.3. The van der Waals surface area contributed by atoms with Gasteiger partial charge in [0.15, 0.2) is 0 Å². The van der Waals surface area contributed by atoms with Gasteiger partial charge in [-0.3, -0.25) is 29.4 Å². The highest BCUT2D eigenvalue weighted by Crippen LogP contribution is 2.29. The van der Waals surface area contributed by atoms with Gasteiger partial charge in [-0.25, -0.2) is 0 Å². The molecule has 0 bridgehead atoms. The van der Waals surface area contributed by atoms with Gasteiger partial charge in [-0.1, -0.05) is 17.9 Å². The van der Waals surface area contributed by atoms with E-state index in [2.05, 4.69) is 17.2 Å². The number of nitrogens with zero attached hydrogens (tertiary/aromatic N) is 1. The van der Waals surface area contributed by atoms with Crippen LogP contribution in [0.4, 0.5) is 0 Å². The number of nitrogens with two attached hydrogens (primary N) is 1. The first-order valence-electron chi connectivity index (χ1n) is 7.08. The van der Waals surface area contributed by atoms with Gasteiger partial charge in [0.2, 0.25) is 11.8 Å². The number of piperidine rings is 1. The molecule has 124 valence electrons. The molecule has 7 nitrogen and oxygen atoms in total. The lowest BCUT2D eigenvalue weighted by Crippen LogP contribution is -2.54. The van der Waals surface area contributed by atoms with Crippen LogP contribution < -0.4 is 11.1 Å². The van der Waals surface area contributed by atoms with Gasteiger partial charge >= 0.3 is 0 Å². The number of rotatable bonds is 1. The molecule has 2 heterocycles. The van der Waals surface area contributed by atoms with Crippen molar-refractivity contribution in [3.63, 3.8) is 0 Å². The third-order valence-corrected chi connectivity index (χ3v) is 3.79. The molecule has 3 rings (SSSR count). The average Bonchev–Trinajstić information content (AvgIpc) is 2.78. The molecule has 24 heavy (non-hydrogen) atoms. The molecule has 1 saturated heterocycles. The molecule has 1 aromatic carbocycles. The first kappa shape index (κ1) is 17.7. The van der Waals surface area contributed by atoms with E-state index < -0.39 is 29.7 Å². The lowest BCUT2D eigenvalue weighted by atomic mass is 10.0. The molecule has 1 unspecified atom stereocenters. The van der Waals surface area contributed by atoms with Gasteiger partial charge in [0.25, 0.3) is 11.8 Å². The second-order valence-corrected chi connectivity index (χ2v) is 5.18. The Kier molecular flexibility index (Phi) is 5.02. The van der Waals surface area contributed by atoms with E-state index in [1.807, 2.05) is 0 Å². The number of carbonyl (C=O) groups excluding carboxylic acids is 4. The molecule has 8 heteroatoms. The molecule has 1 atom stereocenters. The lowest BCUT2D eigenvalue weighted by molar-refractivity contribution is -0.136. The molecule has 1 aromatic rings. The number of nitrogens with one attached hydrogen (secondary N) is 1. The summed E-state index contributed by atoms with van der Waals surface area (Å²) in [5.74, 6) is 3.27. The van der Waals surface area contributed by atoms with Gasteiger partial charge in [0.1, 0.15) is 6.04 Å². The summed E-state index contributed by atoms with van der Waals surface area (Å²) in [5, 5.41) is 2.15. The fourth-order valence-corrected chi connectivity index (χ4v) is 2.77. The Morgan fingerprint density at radius 2 is 1.96 bits per heavy atom. The molecule has 0 aliphatic carbocycles. The third kappa shape index (κ3) is 2.77. The number of amides is 4. The molecule has 2 aliphatic heterocycles. The number of halogens is 1. The minimum atomic E-state index is -0.976. The normalized spacial score (nSPS) is 19.2. The summed E-state index contributed by atoms with van der Waals surface area (Å²) < 4.78 is 0. The number of fused-ring (bicyclic) bond motifs is 1. The first-order valence-corrected chi connectivity index (χ1v) is 7.08. The Balaban J connectivity index is 0.00000208. The number of carbonyl (C=O) groups is 4. The van der Waals surface area contributed by atoms with Crippen molar-refractivity contribution < 1.29 is 19.2 Å². The molecular formula is C16H14ClN3O4. The molecule has 1 fully saturated rings. The SMILES string of the molecule is Cl.NCC#Cc1cccc2c1C(=O)N(C1CCC(=O)NC1=O)C2=O. The topological polar surface area (TPSA) is 110 Å². The maximum atomic E-state index is 12.7. The Morgan fingerprint density at radius 3 is 2.62 bits per heavy atom. The third-order valence-electron chi connectivity index (χ3n) is 3.79. The summed E-state index contributed by atoms with van der Waals surface area (Å²) in [6, 6.07) is 3.80. The average molecular weight is 348 g/mol. The summed E-state index contributed by atoms with van der Waals surface area (Å²) in [7, 11) is 0. The largest absolute Gasteiger partial charge is 0.320 e. The number of imide groups is 2. The number of hydrogen-bond acceptors (Lipinski definition) is 5. The minimum Gasteiger partial charge on any atom is -0.320 e. The van der Waals surface area contributed by atoms with Crippen LogP contribution in [0, 0.1) is 11.8 Å². The van der Waals surface area contributed by atoms with Gasteiger partial charge in [-0.2, -0.15) is 0 Å². The van der Waals surface area contributed by atoms with E-state index >= 15 is 0 Å². The van der Waals surface area contributed by atoms with Crippen LogP contribution in [0.25, 0.3) is 0 Å². The molecule has 4 amide bonds. The molecule has 0 aromatic heterocycles. The van der Waals surface area contributed by atoms with Crippen LogP contribution in [-0.4, -0.2) is 41.1 Å². The zero-order valence-electron chi connectivity index (χ0n) is 12.5. The monoisotopic (exact) mass is 347 g/mol. The zero-order valence-corrected chi connectivity index (χ0v) is 13.3. The van der Waals surface area contributed by atoms with Gasteiger partial charge in [0, 0.05) is 12.0 Å². The summed E-state index contributed by atoms with van der Waals surface area (Å²) in [6.45, 7) is 0.128. The summed E-state index contributed by atoms with van der Waals surface area (Å²) in [5.41, 5.74) is 6.14. The van der Waals surface area contributed by atoms with E-state index in [0.717, 1.165) is 4.90 Å². The second-order valence-electron chi connectivity index (χ2n) is 5.18. The highest BCUT2D eigenvalue weighted by molar-refractivity contribution is 6.24. The van der Waals surface area contributed by atoms with Crippen LogP contribution in [0.1, 0.15) is 39.1 Å². The Hall–Kier alpha value is -2.69. The van der Waals surface area contributed by atoms with E-state index in [1.54, 1.807) is 12.1 Å². The predicted molar refractivity (Wildman–Crippen MR) is 86.3 cm³/mol. The van der Waals surface area contributed by atoms with E-state index in [4.69, 9.17) is 5.73 Å². The van der Waals surface area contributed by atoms with Crippen molar-refractivity contribution in [3.05, 3.63) is 34.9 Å². The fourth-order valence-electron chi connectivity index (χ4n) is 2.77. The van der Waals surface area contributed by atoms with Crippen molar-refractivity contribution in [2.75, 3.05) is 6.54 Å². The van der Waals surface area contributed by atoms with Gasteiger partial charge in [0.05, 0.1) is 17.7 Å². The highest BCUT2D eigenvalue weighted by Gasteiger charge is 2.45. The summed E-state index contributed by atoms with van der Waals surface area (Å²) >= 11 is 0. The molecular weight excluding hydrogens is 334 g/mol. The van der Waals surface area contributed by atoms with E-state index in [9.17, 15) is 19.2 Å². The predicted octanol–water partition coefficient (Wildman–Crippen LogP) is -0.180. The van der Waals surface area contributed by atoms with Crippen LogP contribution >= 0.6 is 12.4 Å². The van der Waals surface area contributed by atoms with Crippen LogP contribution in [0.3, 0.4) is 0 Å². The Morgan fingerprint density at radius 1 is 1.21 bits per heavy atom. The van der Waals surface area contributed by atoms with Gasteiger partial charge < -0.3 is 5.73 Å². The van der Waals surface area contributed by atoms with E-state index in [-0.39, 0.29) is 42.9 Å². The summed E-state index contributed by atoms with van der Waals surface area (Å²) in [6.07, 6.45) is 0.212. The van der Waals surface area contributed by atoms with Gasteiger partial charge in [-0.15, -0.1) is 12.4 Å². The van der Waals surface area contributed by atoms with Crippen molar-refractivity contribution in [2.24, 2.45) is 5.73 Å². The van der Waals surface area contributed by atoms with Crippen LogP contribution in [0.5, 0.6) is 0 Å². The van der Waals surface area contributed by atoms with Crippen LogP contribution in [0.15, 0.2) is 18.2 Å². The Labute approximate surface area is 144 Å². The Bertz CT molecular complexity index is 809. The number of benzene rings is 1.